The van der Waals surface area contributed by atoms with Crippen molar-refractivity contribution < 1.29 is 27.5 Å². The first-order chi connectivity index (χ1) is 17.2. The van der Waals surface area contributed by atoms with E-state index in [0.717, 1.165) is 11.6 Å². The number of aromatic nitrogens is 2. The number of pyridine rings is 1. The number of alkyl halides is 3. The van der Waals surface area contributed by atoms with Gasteiger partial charge >= 0.3 is 11.9 Å². The lowest BCUT2D eigenvalue weighted by atomic mass is 9.86. The highest BCUT2D eigenvalue weighted by molar-refractivity contribution is 5.98. The average molecular weight is 514 g/mol. The summed E-state index contributed by atoms with van der Waals surface area (Å²) in [5.41, 5.74) is 3.72. The van der Waals surface area contributed by atoms with Crippen molar-refractivity contribution in [2.75, 3.05) is 0 Å². The number of aromatic amines is 1. The zero-order chi connectivity index (χ0) is 27.2. The molecule has 0 radical (unpaired) electrons. The highest BCUT2D eigenvalue weighted by Gasteiger charge is 2.56. The molecule has 2 heterocycles. The third-order valence-corrected chi connectivity index (χ3v) is 6.26. The van der Waals surface area contributed by atoms with Crippen LogP contribution in [-0.2, 0) is 11.1 Å². The minimum atomic E-state index is -5.14. The molecular weight excluding hydrogens is 487 g/mol. The van der Waals surface area contributed by atoms with Gasteiger partial charge < -0.3 is 15.3 Å². The molecule has 1 unspecified atom stereocenters. The Balaban J connectivity index is 1.73. The predicted octanol–water partition coefficient (Wildman–Crippen LogP) is 5.10. The Hall–Kier alpha value is -3.76. The van der Waals surface area contributed by atoms with E-state index >= 15 is 0 Å². The largest absolute Gasteiger partial charge is 0.422 e. The fraction of sp³-hybridized carbons (Fsp3) is 0.296. The molecule has 1 atom stereocenters. The highest BCUT2D eigenvalue weighted by atomic mass is 19.4. The summed E-state index contributed by atoms with van der Waals surface area (Å²) < 4.78 is 48.0. The molecule has 0 saturated heterocycles. The smallest absolute Gasteiger partial charge is 0.408 e. The number of H-pyrrole nitrogens is 1. The van der Waals surface area contributed by atoms with Crippen LogP contribution in [-0.4, -0.2) is 27.0 Å². The zero-order valence-corrected chi connectivity index (χ0v) is 20.4. The Morgan fingerprint density at radius 3 is 2.38 bits per heavy atom. The van der Waals surface area contributed by atoms with Crippen molar-refractivity contribution in [3.63, 3.8) is 0 Å². The van der Waals surface area contributed by atoms with Gasteiger partial charge in [-0.2, -0.15) is 13.2 Å². The molecule has 0 bridgehead atoms. The van der Waals surface area contributed by atoms with Crippen LogP contribution < -0.4 is 11.5 Å². The Bertz CT molecular complexity index is 1520. The second-order valence-electron chi connectivity index (χ2n) is 9.72. The SMILES string of the molecule is Cc1ccc(-c2cc(C(C)(C)N)cc(C(O)(CCC(=O)c3ccc4oc(=O)[nH]c4c3)C(F)(F)F)n2)cc1. The van der Waals surface area contributed by atoms with Gasteiger partial charge in [-0.1, -0.05) is 29.8 Å². The molecule has 0 aliphatic rings. The lowest BCUT2D eigenvalue weighted by Gasteiger charge is -2.32. The van der Waals surface area contributed by atoms with Crippen LogP contribution in [0.2, 0.25) is 0 Å². The third-order valence-electron chi connectivity index (χ3n) is 6.26. The highest BCUT2D eigenvalue weighted by Crippen LogP contribution is 2.43. The maximum Gasteiger partial charge on any atom is 0.422 e. The molecule has 10 heteroatoms. The number of ketones is 1. The minimum Gasteiger partial charge on any atom is -0.408 e. The number of aliphatic hydroxyl groups is 1. The van der Waals surface area contributed by atoms with Crippen molar-refractivity contribution in [1.29, 1.82) is 0 Å². The summed E-state index contributed by atoms with van der Waals surface area (Å²) in [5.74, 6) is -1.37. The van der Waals surface area contributed by atoms with E-state index in [1.165, 1.54) is 18.2 Å². The van der Waals surface area contributed by atoms with Gasteiger partial charge in [-0.15, -0.1) is 0 Å². The molecule has 37 heavy (non-hydrogen) atoms. The van der Waals surface area contributed by atoms with E-state index in [-0.39, 0.29) is 22.4 Å². The van der Waals surface area contributed by atoms with Crippen LogP contribution in [0.25, 0.3) is 22.4 Å². The number of rotatable bonds is 7. The molecule has 0 fully saturated rings. The zero-order valence-electron chi connectivity index (χ0n) is 20.4. The second kappa shape index (κ2) is 9.28. The summed E-state index contributed by atoms with van der Waals surface area (Å²) >= 11 is 0. The number of nitrogens with zero attached hydrogens (tertiary/aromatic N) is 1. The molecule has 194 valence electrons. The molecule has 0 amide bonds. The van der Waals surface area contributed by atoms with Crippen LogP contribution in [0.1, 0.15) is 53.9 Å². The van der Waals surface area contributed by atoms with E-state index in [1.54, 1.807) is 44.2 Å². The van der Waals surface area contributed by atoms with E-state index in [4.69, 9.17) is 10.2 Å². The lowest BCUT2D eigenvalue weighted by Crippen LogP contribution is -2.44. The second-order valence-corrected chi connectivity index (χ2v) is 9.72. The third kappa shape index (κ3) is 5.35. The summed E-state index contributed by atoms with van der Waals surface area (Å²) in [7, 11) is 0. The number of benzene rings is 2. The van der Waals surface area contributed by atoms with Crippen molar-refractivity contribution in [2.24, 2.45) is 5.73 Å². The molecule has 4 N–H and O–H groups in total. The maximum absolute atomic E-state index is 14.4. The quantitative estimate of drug-likeness (QED) is 0.296. The normalized spacial score (nSPS) is 14.1. The Kier molecular flexibility index (Phi) is 6.60. The standard InChI is InChI=1S/C27H26F3N3O4/c1-15-4-6-16(7-5-15)19-13-18(25(2,3)31)14-23(32-19)26(36,27(28,29)30)11-10-21(34)17-8-9-22-20(12-17)33-24(35)37-22/h4-9,12-14,36H,10-11,31H2,1-3H3,(H,33,35). The van der Waals surface area contributed by atoms with E-state index in [1.807, 2.05) is 6.92 Å². The van der Waals surface area contributed by atoms with Gasteiger partial charge in [-0.3, -0.25) is 9.78 Å². The van der Waals surface area contributed by atoms with Crippen molar-refractivity contribution in [3.05, 3.63) is 87.5 Å². The Morgan fingerprint density at radius 1 is 1.08 bits per heavy atom. The topological polar surface area (TPSA) is 122 Å². The van der Waals surface area contributed by atoms with Crippen LogP contribution in [0.5, 0.6) is 0 Å². The van der Waals surface area contributed by atoms with Crippen LogP contribution in [0.4, 0.5) is 13.2 Å². The molecule has 0 aliphatic heterocycles. The van der Waals surface area contributed by atoms with E-state index < -0.39 is 47.4 Å². The van der Waals surface area contributed by atoms with Crippen LogP contribution in [0.3, 0.4) is 0 Å². The summed E-state index contributed by atoms with van der Waals surface area (Å²) in [6, 6.07) is 13.8. The van der Waals surface area contributed by atoms with Crippen LogP contribution in [0.15, 0.2) is 63.8 Å². The fourth-order valence-electron chi connectivity index (χ4n) is 3.97. The molecule has 0 spiro atoms. The van der Waals surface area contributed by atoms with Crippen molar-refractivity contribution in [3.8, 4) is 11.3 Å². The average Bonchev–Trinajstić information content (AvgIpc) is 3.20. The van der Waals surface area contributed by atoms with Crippen LogP contribution in [0, 0.1) is 6.92 Å². The Morgan fingerprint density at radius 2 is 1.76 bits per heavy atom. The minimum absolute atomic E-state index is 0.0687. The monoisotopic (exact) mass is 513 g/mol. The number of nitrogens with two attached hydrogens (primary N) is 1. The van der Waals surface area contributed by atoms with Gasteiger partial charge in [0.05, 0.1) is 16.9 Å². The van der Waals surface area contributed by atoms with Gasteiger partial charge in [0.2, 0.25) is 5.60 Å². The van der Waals surface area contributed by atoms with Gasteiger partial charge in [0.15, 0.2) is 11.4 Å². The number of carbonyl (C=O) groups is 1. The first-order valence-electron chi connectivity index (χ1n) is 11.5. The van der Waals surface area contributed by atoms with Gasteiger partial charge in [0, 0.05) is 23.1 Å². The number of halogens is 3. The number of carbonyl (C=O) groups excluding carboxylic acids is 1. The van der Waals surface area contributed by atoms with E-state index in [0.29, 0.717) is 11.1 Å². The van der Waals surface area contributed by atoms with E-state index in [2.05, 4.69) is 9.97 Å². The molecule has 4 aromatic rings. The first kappa shape index (κ1) is 26.3. The molecule has 0 saturated carbocycles. The first-order valence-corrected chi connectivity index (χ1v) is 11.5. The summed E-state index contributed by atoms with van der Waals surface area (Å²) in [6.45, 7) is 5.15. The van der Waals surface area contributed by atoms with Gasteiger partial charge in [0.1, 0.15) is 0 Å². The Labute approximate surface area is 210 Å². The summed E-state index contributed by atoms with van der Waals surface area (Å²) in [4.78, 5) is 30.7. The summed E-state index contributed by atoms with van der Waals surface area (Å²) in [6.07, 6.45) is -6.74. The number of Topliss-reactive ketones (excluding diaryl/α,β-unsaturated/α-hetero) is 1. The summed E-state index contributed by atoms with van der Waals surface area (Å²) in [5, 5.41) is 11.1. The molecule has 4 rings (SSSR count). The number of fused-ring (bicyclic) bond motifs is 1. The van der Waals surface area contributed by atoms with E-state index in [9.17, 15) is 27.9 Å². The number of hydrogen-bond acceptors (Lipinski definition) is 6. The van der Waals surface area contributed by atoms with Crippen molar-refractivity contribution >= 4 is 16.9 Å². The molecule has 2 aromatic carbocycles. The predicted molar refractivity (Wildman–Crippen MR) is 132 cm³/mol. The molecule has 2 aromatic heterocycles. The lowest BCUT2D eigenvalue weighted by molar-refractivity contribution is -0.270. The van der Waals surface area contributed by atoms with Gasteiger partial charge in [-0.05, 0) is 63.1 Å². The maximum atomic E-state index is 14.4. The molecule has 7 nitrogen and oxygen atoms in total. The number of oxazole rings is 1. The number of hydrogen-bond donors (Lipinski definition) is 3. The number of nitrogens with one attached hydrogen (secondary N) is 1. The number of aryl methyl sites for hydroxylation is 1. The van der Waals surface area contributed by atoms with Crippen LogP contribution >= 0.6 is 0 Å². The van der Waals surface area contributed by atoms with Gasteiger partial charge in [-0.25, -0.2) is 9.78 Å². The fourth-order valence-corrected chi connectivity index (χ4v) is 3.97. The van der Waals surface area contributed by atoms with Crippen molar-refractivity contribution in [1.82, 2.24) is 9.97 Å². The molecular formula is C27H26F3N3O4. The molecule has 0 aliphatic carbocycles. The van der Waals surface area contributed by atoms with Crippen molar-refractivity contribution in [2.45, 2.75) is 50.9 Å². The van der Waals surface area contributed by atoms with Gasteiger partial charge in [0.25, 0.3) is 0 Å².